The molecule has 1 fully saturated rings. The molecule has 0 unspecified atom stereocenters. The summed E-state index contributed by atoms with van der Waals surface area (Å²) in [5.41, 5.74) is 5.29. The van der Waals surface area contributed by atoms with E-state index in [1.165, 1.54) is 15.8 Å². The minimum absolute atomic E-state index is 0.0972. The van der Waals surface area contributed by atoms with Crippen LogP contribution in [0.3, 0.4) is 0 Å². The molecule has 0 radical (unpaired) electrons. The van der Waals surface area contributed by atoms with Gasteiger partial charge < -0.3 is 14.5 Å². The van der Waals surface area contributed by atoms with Crippen LogP contribution in [0, 0.1) is 13.8 Å². The lowest BCUT2D eigenvalue weighted by Gasteiger charge is -2.31. The van der Waals surface area contributed by atoms with Gasteiger partial charge in [0.1, 0.15) is 6.10 Å². The van der Waals surface area contributed by atoms with Crippen molar-refractivity contribution in [3.8, 4) is 5.19 Å². The number of carbonyl (C=O) groups is 1. The zero-order valence-corrected chi connectivity index (χ0v) is 18.3. The Labute approximate surface area is 175 Å². The van der Waals surface area contributed by atoms with Crippen LogP contribution in [0.2, 0.25) is 0 Å². The Morgan fingerprint density at radius 1 is 1.07 bits per heavy atom. The topological polar surface area (TPSA) is 45.7 Å². The second-order valence-electron chi connectivity index (χ2n) is 7.91. The molecule has 5 nitrogen and oxygen atoms in total. The molecule has 0 spiro atoms. The SMILES string of the molecule is Cc1ccc(C)c2sc(OC3CCN(C(=O)c4ccc(N(C)C)cc4)CC3)nc12. The van der Waals surface area contributed by atoms with Gasteiger partial charge in [-0.05, 0) is 49.2 Å². The van der Waals surface area contributed by atoms with Crippen molar-refractivity contribution in [2.24, 2.45) is 0 Å². The number of fused-ring (bicyclic) bond motifs is 1. The Bertz CT molecular complexity index is 980. The highest BCUT2D eigenvalue weighted by Crippen LogP contribution is 2.33. The number of anilines is 1. The minimum atomic E-state index is 0.0972. The molecule has 1 aromatic heterocycles. The Morgan fingerprint density at radius 3 is 2.34 bits per heavy atom. The number of piperidine rings is 1. The Hall–Kier alpha value is -2.60. The Kier molecular flexibility index (Phi) is 5.46. The molecule has 4 rings (SSSR count). The molecule has 0 aliphatic carbocycles. The maximum atomic E-state index is 12.8. The van der Waals surface area contributed by atoms with E-state index in [0.717, 1.165) is 34.8 Å². The monoisotopic (exact) mass is 409 g/mol. The van der Waals surface area contributed by atoms with Gasteiger partial charge >= 0.3 is 0 Å². The highest BCUT2D eigenvalue weighted by molar-refractivity contribution is 7.20. The van der Waals surface area contributed by atoms with Crippen molar-refractivity contribution >= 4 is 33.1 Å². The van der Waals surface area contributed by atoms with Crippen LogP contribution in [0.4, 0.5) is 5.69 Å². The third-order valence-corrected chi connectivity index (χ3v) is 6.63. The lowest BCUT2D eigenvalue weighted by atomic mass is 10.1. The van der Waals surface area contributed by atoms with Gasteiger partial charge in [0.15, 0.2) is 0 Å². The predicted octanol–water partition coefficient (Wildman–Crippen LogP) is 4.66. The third-order valence-electron chi connectivity index (χ3n) is 5.55. The quantitative estimate of drug-likeness (QED) is 0.629. The van der Waals surface area contributed by atoms with Crippen molar-refractivity contribution in [2.75, 3.05) is 32.1 Å². The predicted molar refractivity (Wildman–Crippen MR) is 119 cm³/mol. The van der Waals surface area contributed by atoms with Gasteiger partial charge in [0.05, 0.1) is 10.2 Å². The molecule has 0 N–H and O–H groups in total. The zero-order chi connectivity index (χ0) is 20.5. The average Bonchev–Trinajstić information content (AvgIpc) is 3.16. The molecule has 0 atom stereocenters. The minimum Gasteiger partial charge on any atom is -0.467 e. The van der Waals surface area contributed by atoms with Crippen LogP contribution in [0.1, 0.15) is 34.3 Å². The molecular formula is C23H27N3O2S. The number of aromatic nitrogens is 1. The third kappa shape index (κ3) is 4.08. The first-order valence-electron chi connectivity index (χ1n) is 10.0. The van der Waals surface area contributed by atoms with Crippen molar-refractivity contribution < 1.29 is 9.53 Å². The first-order chi connectivity index (χ1) is 13.9. The summed E-state index contributed by atoms with van der Waals surface area (Å²) in [6.45, 7) is 5.61. The number of hydrogen-bond acceptors (Lipinski definition) is 5. The molecule has 3 aromatic rings. The van der Waals surface area contributed by atoms with E-state index in [-0.39, 0.29) is 12.0 Å². The van der Waals surface area contributed by atoms with E-state index >= 15 is 0 Å². The van der Waals surface area contributed by atoms with Crippen molar-refractivity contribution in [3.05, 3.63) is 53.1 Å². The largest absolute Gasteiger partial charge is 0.467 e. The lowest BCUT2D eigenvalue weighted by Crippen LogP contribution is -2.41. The molecule has 1 aliphatic rings. The van der Waals surface area contributed by atoms with Crippen molar-refractivity contribution in [2.45, 2.75) is 32.8 Å². The van der Waals surface area contributed by atoms with Crippen molar-refractivity contribution in [1.82, 2.24) is 9.88 Å². The van der Waals surface area contributed by atoms with E-state index in [0.29, 0.717) is 13.1 Å². The van der Waals surface area contributed by atoms with Crippen molar-refractivity contribution in [1.29, 1.82) is 0 Å². The summed E-state index contributed by atoms with van der Waals surface area (Å²) in [5, 5.41) is 0.737. The van der Waals surface area contributed by atoms with Gasteiger partial charge in [-0.15, -0.1) is 0 Å². The summed E-state index contributed by atoms with van der Waals surface area (Å²) in [5.74, 6) is 0.0972. The molecular weight excluding hydrogens is 382 g/mol. The van der Waals surface area contributed by atoms with Gasteiger partial charge in [-0.3, -0.25) is 4.79 Å². The molecule has 1 aliphatic heterocycles. The fourth-order valence-corrected chi connectivity index (χ4v) is 4.72. The van der Waals surface area contributed by atoms with Crippen LogP contribution in [0.15, 0.2) is 36.4 Å². The molecule has 1 amide bonds. The number of ether oxygens (including phenoxy) is 1. The maximum absolute atomic E-state index is 12.8. The van der Waals surface area contributed by atoms with Crippen molar-refractivity contribution in [3.63, 3.8) is 0 Å². The normalized spacial score (nSPS) is 15.0. The van der Waals surface area contributed by atoms with Gasteiger partial charge in [0.25, 0.3) is 11.1 Å². The lowest BCUT2D eigenvalue weighted by molar-refractivity contribution is 0.0595. The first-order valence-corrected chi connectivity index (χ1v) is 10.8. The number of amides is 1. The van der Waals surface area contributed by atoms with Crippen LogP contribution >= 0.6 is 11.3 Å². The second-order valence-corrected chi connectivity index (χ2v) is 8.87. The number of thiazole rings is 1. The second kappa shape index (κ2) is 8.03. The molecule has 0 saturated carbocycles. The maximum Gasteiger partial charge on any atom is 0.274 e. The average molecular weight is 410 g/mol. The van der Waals surface area contributed by atoms with Crippen LogP contribution in [-0.2, 0) is 0 Å². The molecule has 0 bridgehead atoms. The van der Waals surface area contributed by atoms with E-state index in [4.69, 9.17) is 9.72 Å². The summed E-state index contributed by atoms with van der Waals surface area (Å²) in [7, 11) is 3.99. The number of benzene rings is 2. The summed E-state index contributed by atoms with van der Waals surface area (Å²) in [6.07, 6.45) is 1.77. The van der Waals surface area contributed by atoms with Crippen LogP contribution in [0.5, 0.6) is 5.19 Å². The van der Waals surface area contributed by atoms with E-state index in [9.17, 15) is 4.79 Å². The summed E-state index contributed by atoms with van der Waals surface area (Å²) < 4.78 is 7.39. The molecule has 29 heavy (non-hydrogen) atoms. The zero-order valence-electron chi connectivity index (χ0n) is 17.4. The standard InChI is InChI=1S/C23H27N3O2S/c1-15-5-6-16(2)21-20(15)24-23(29-21)28-19-11-13-26(14-12-19)22(27)17-7-9-18(10-8-17)25(3)4/h5-10,19H,11-14H2,1-4H3. The highest BCUT2D eigenvalue weighted by Gasteiger charge is 2.25. The van der Waals surface area contributed by atoms with Crippen LogP contribution in [-0.4, -0.2) is 49.1 Å². The highest BCUT2D eigenvalue weighted by atomic mass is 32.1. The van der Waals surface area contributed by atoms with Gasteiger partial charge in [0, 0.05) is 51.3 Å². The Morgan fingerprint density at radius 2 is 1.72 bits per heavy atom. The van der Waals surface area contributed by atoms with Gasteiger partial charge in [-0.25, -0.2) is 4.98 Å². The fraction of sp³-hybridized carbons (Fsp3) is 0.391. The molecule has 6 heteroatoms. The smallest absolute Gasteiger partial charge is 0.274 e. The van der Waals surface area contributed by atoms with Crippen LogP contribution < -0.4 is 9.64 Å². The number of aryl methyl sites for hydroxylation is 2. The Balaban J connectivity index is 1.37. The number of carbonyl (C=O) groups excluding carboxylic acids is 1. The summed E-state index contributed by atoms with van der Waals surface area (Å²) >= 11 is 1.62. The molecule has 152 valence electrons. The number of rotatable bonds is 4. The molecule has 2 aromatic carbocycles. The fourth-order valence-electron chi connectivity index (χ4n) is 3.69. The van der Waals surface area contributed by atoms with Gasteiger partial charge in [0.2, 0.25) is 0 Å². The number of likely N-dealkylation sites (tertiary alicyclic amines) is 1. The summed E-state index contributed by atoms with van der Waals surface area (Å²) in [4.78, 5) is 21.5. The van der Waals surface area contributed by atoms with E-state index in [2.05, 4.69) is 26.0 Å². The number of nitrogens with zero attached hydrogens (tertiary/aromatic N) is 3. The van der Waals surface area contributed by atoms with Gasteiger partial charge in [-0.2, -0.15) is 0 Å². The molecule has 1 saturated heterocycles. The summed E-state index contributed by atoms with van der Waals surface area (Å²) in [6, 6.07) is 12.0. The van der Waals surface area contributed by atoms with Crippen LogP contribution in [0.25, 0.3) is 10.2 Å². The first kappa shape index (κ1) is 19.7. The van der Waals surface area contributed by atoms with E-state index in [1.807, 2.05) is 48.2 Å². The van der Waals surface area contributed by atoms with Gasteiger partial charge in [-0.1, -0.05) is 23.5 Å². The van der Waals surface area contributed by atoms with E-state index in [1.54, 1.807) is 11.3 Å². The van der Waals surface area contributed by atoms with E-state index < -0.39 is 0 Å². The number of hydrogen-bond donors (Lipinski definition) is 0. The molecule has 2 heterocycles.